The second-order valence-electron chi connectivity index (χ2n) is 15.1. The molecule has 6 heteroatoms. The van der Waals surface area contributed by atoms with Gasteiger partial charge in [0.2, 0.25) is 0 Å². The second-order valence-corrected chi connectivity index (χ2v) is 15.1. The summed E-state index contributed by atoms with van der Waals surface area (Å²) in [6, 6.07) is 0. The molecule has 0 radical (unpaired) electrons. The first-order valence-electron chi connectivity index (χ1n) is 14.5. The Morgan fingerprint density at radius 3 is 2.17 bits per heavy atom. The van der Waals surface area contributed by atoms with Gasteiger partial charge in [-0.1, -0.05) is 41.5 Å². The van der Waals surface area contributed by atoms with Crippen molar-refractivity contribution in [3.8, 4) is 0 Å². The number of carboxylic acids is 1. The van der Waals surface area contributed by atoms with Crippen LogP contribution < -0.4 is 0 Å². The van der Waals surface area contributed by atoms with Gasteiger partial charge in [0.05, 0.1) is 23.7 Å². The lowest BCUT2D eigenvalue weighted by Crippen LogP contribution is -2.75. The number of aliphatic hydroxyl groups excluding tert-OH is 4. The number of rotatable bonds is 2. The molecule has 36 heavy (non-hydrogen) atoms. The van der Waals surface area contributed by atoms with E-state index >= 15 is 0 Å². The summed E-state index contributed by atoms with van der Waals surface area (Å²) < 4.78 is 0. The molecule has 206 valence electrons. The summed E-state index contributed by atoms with van der Waals surface area (Å²) in [5.41, 5.74) is -2.35. The van der Waals surface area contributed by atoms with Crippen LogP contribution in [0, 0.1) is 62.6 Å². The highest BCUT2D eigenvalue weighted by atomic mass is 16.4. The molecule has 0 aromatic carbocycles. The Bertz CT molecular complexity index is 904. The minimum absolute atomic E-state index is 0.0445. The number of carboxylic acid groups (broad SMARTS) is 1. The van der Waals surface area contributed by atoms with Gasteiger partial charge in [-0.25, -0.2) is 0 Å². The van der Waals surface area contributed by atoms with Gasteiger partial charge in [-0.3, -0.25) is 4.79 Å². The van der Waals surface area contributed by atoms with Crippen molar-refractivity contribution in [3.63, 3.8) is 0 Å². The van der Waals surface area contributed by atoms with Gasteiger partial charge in [0.25, 0.3) is 0 Å². The molecule has 0 spiro atoms. The number of carbonyl (C=O) groups is 1. The van der Waals surface area contributed by atoms with E-state index in [0.29, 0.717) is 19.3 Å². The molecule has 0 bridgehead atoms. The standard InChI is InChI=1S/C30H50O6/c1-16-17(15-31)9-12-30(25(35)36)14-13-28(5)18(21(16)30)7-8-19-27(4)11-10-20(32)26(2,3)23(27)22(33)24(34)29(19,28)6/h16-24,31-34H,7-15H2,1-6H3,(H,35,36)/t16-,17-,18+,19+,20+,21-,22+,23-,24+,27+,28+,29-,30-/m0/s1. The summed E-state index contributed by atoms with van der Waals surface area (Å²) >= 11 is 0. The first-order valence-corrected chi connectivity index (χ1v) is 14.5. The van der Waals surface area contributed by atoms with Gasteiger partial charge in [0.15, 0.2) is 0 Å². The first kappa shape index (κ1) is 26.9. The Morgan fingerprint density at radius 2 is 1.56 bits per heavy atom. The Labute approximate surface area is 216 Å². The quantitative estimate of drug-likeness (QED) is 0.385. The van der Waals surface area contributed by atoms with Gasteiger partial charge in [0, 0.05) is 17.9 Å². The van der Waals surface area contributed by atoms with Gasteiger partial charge in [-0.05, 0) is 97.2 Å². The normalized spacial score (nSPS) is 58.1. The van der Waals surface area contributed by atoms with E-state index in [1.165, 1.54) is 0 Å². The molecule has 5 rings (SSSR count). The SMILES string of the molecule is C[C@H]1[C@H](CO)CC[C@]2(C(=O)O)CC[C@]3(C)[C@H](CC[C@@H]4[C@@]5(C)CC[C@@H](O)C(C)(C)[C@@H]5[C@@H](O)[C@@H](O)[C@]43C)[C@H]12. The van der Waals surface area contributed by atoms with Crippen molar-refractivity contribution in [1.29, 1.82) is 0 Å². The first-order chi connectivity index (χ1) is 16.6. The van der Waals surface area contributed by atoms with E-state index in [2.05, 4.69) is 27.7 Å². The molecular weight excluding hydrogens is 456 g/mol. The van der Waals surface area contributed by atoms with E-state index in [1.54, 1.807) is 0 Å². The van der Waals surface area contributed by atoms with E-state index in [4.69, 9.17) is 0 Å². The predicted octanol–water partition coefficient (Wildman–Crippen LogP) is 4.08. The third kappa shape index (κ3) is 2.96. The average Bonchev–Trinajstić information content (AvgIpc) is 2.81. The Morgan fingerprint density at radius 1 is 0.889 bits per heavy atom. The molecule has 5 N–H and O–H groups in total. The van der Waals surface area contributed by atoms with Gasteiger partial charge in [0.1, 0.15) is 0 Å². The predicted molar refractivity (Wildman–Crippen MR) is 137 cm³/mol. The van der Waals surface area contributed by atoms with Gasteiger partial charge < -0.3 is 25.5 Å². The molecule has 0 aromatic rings. The third-order valence-corrected chi connectivity index (χ3v) is 14.0. The summed E-state index contributed by atoms with van der Waals surface area (Å²) in [7, 11) is 0. The Hall–Kier alpha value is -0.690. The summed E-state index contributed by atoms with van der Waals surface area (Å²) in [6.45, 7) is 13.1. The highest BCUT2D eigenvalue weighted by Gasteiger charge is 2.75. The molecule has 0 aliphatic heterocycles. The van der Waals surface area contributed by atoms with Crippen molar-refractivity contribution in [2.75, 3.05) is 6.61 Å². The summed E-state index contributed by atoms with van der Waals surface area (Å²) in [5, 5.41) is 55.5. The maximum absolute atomic E-state index is 12.9. The number of hydrogen-bond acceptors (Lipinski definition) is 5. The minimum atomic E-state index is -0.933. The van der Waals surface area contributed by atoms with E-state index < -0.39 is 40.5 Å². The van der Waals surface area contributed by atoms with Crippen LogP contribution in [0.3, 0.4) is 0 Å². The van der Waals surface area contributed by atoms with Crippen molar-refractivity contribution >= 4 is 5.97 Å². The third-order valence-electron chi connectivity index (χ3n) is 14.0. The number of fused-ring (bicyclic) bond motifs is 7. The lowest BCUT2D eigenvalue weighted by atomic mass is 9.30. The topological polar surface area (TPSA) is 118 Å². The zero-order chi connectivity index (χ0) is 26.6. The maximum atomic E-state index is 12.9. The number of aliphatic carboxylic acids is 1. The highest BCUT2D eigenvalue weighted by molar-refractivity contribution is 5.75. The van der Waals surface area contributed by atoms with Crippen LogP contribution in [0.4, 0.5) is 0 Å². The van der Waals surface area contributed by atoms with Crippen LogP contribution in [0.1, 0.15) is 92.9 Å². The monoisotopic (exact) mass is 506 g/mol. The summed E-state index contributed by atoms with van der Waals surface area (Å²) in [6.07, 6.45) is 3.70. The van der Waals surface area contributed by atoms with Gasteiger partial charge in [-0.15, -0.1) is 0 Å². The molecule has 5 aliphatic rings. The van der Waals surface area contributed by atoms with E-state index in [1.807, 2.05) is 13.8 Å². The van der Waals surface area contributed by atoms with Crippen LogP contribution in [0.15, 0.2) is 0 Å². The van der Waals surface area contributed by atoms with Crippen LogP contribution in [-0.2, 0) is 4.79 Å². The van der Waals surface area contributed by atoms with E-state index in [0.717, 1.165) is 32.1 Å². The Kier molecular flexibility index (Phi) is 6.10. The number of aliphatic hydroxyl groups is 4. The van der Waals surface area contributed by atoms with Crippen molar-refractivity contribution in [2.24, 2.45) is 62.6 Å². The van der Waals surface area contributed by atoms with Gasteiger partial charge >= 0.3 is 5.97 Å². The van der Waals surface area contributed by atoms with E-state index in [9.17, 15) is 30.3 Å². The van der Waals surface area contributed by atoms with Crippen molar-refractivity contribution in [1.82, 2.24) is 0 Å². The lowest BCUT2D eigenvalue weighted by Gasteiger charge is -2.75. The summed E-state index contributed by atoms with van der Waals surface area (Å²) in [5.74, 6) is -0.414. The van der Waals surface area contributed by atoms with Crippen molar-refractivity contribution in [2.45, 2.75) is 111 Å². The fourth-order valence-corrected chi connectivity index (χ4v) is 12.0. The molecular formula is C30H50O6. The smallest absolute Gasteiger partial charge is 0.309 e. The fraction of sp³-hybridized carbons (Fsp3) is 0.967. The van der Waals surface area contributed by atoms with Crippen LogP contribution in [0.25, 0.3) is 0 Å². The van der Waals surface area contributed by atoms with Gasteiger partial charge in [-0.2, -0.15) is 0 Å². The molecule has 0 unspecified atom stereocenters. The zero-order valence-corrected chi connectivity index (χ0v) is 23.2. The molecule has 5 fully saturated rings. The maximum Gasteiger partial charge on any atom is 0.309 e. The van der Waals surface area contributed by atoms with Crippen molar-refractivity contribution in [3.05, 3.63) is 0 Å². The molecule has 0 amide bonds. The van der Waals surface area contributed by atoms with Crippen LogP contribution in [-0.4, -0.2) is 56.4 Å². The van der Waals surface area contributed by atoms with Crippen LogP contribution in [0.2, 0.25) is 0 Å². The molecule has 0 heterocycles. The molecule has 0 aromatic heterocycles. The van der Waals surface area contributed by atoms with E-state index in [-0.39, 0.29) is 52.9 Å². The molecule has 5 saturated carbocycles. The zero-order valence-electron chi connectivity index (χ0n) is 23.2. The fourth-order valence-electron chi connectivity index (χ4n) is 12.0. The second kappa shape index (κ2) is 8.16. The minimum Gasteiger partial charge on any atom is -0.481 e. The molecule has 6 nitrogen and oxygen atoms in total. The van der Waals surface area contributed by atoms with Crippen LogP contribution in [0.5, 0.6) is 0 Å². The molecule has 13 atom stereocenters. The highest BCUT2D eigenvalue weighted by Crippen LogP contribution is 2.77. The summed E-state index contributed by atoms with van der Waals surface area (Å²) in [4.78, 5) is 12.9. The Balaban J connectivity index is 1.62. The van der Waals surface area contributed by atoms with Crippen LogP contribution >= 0.6 is 0 Å². The molecule has 0 saturated heterocycles. The largest absolute Gasteiger partial charge is 0.481 e. The lowest BCUT2D eigenvalue weighted by molar-refractivity contribution is -0.319. The number of hydrogen-bond donors (Lipinski definition) is 5. The molecule has 5 aliphatic carbocycles. The average molecular weight is 507 g/mol. The van der Waals surface area contributed by atoms with Crippen molar-refractivity contribution < 1.29 is 30.3 Å².